The Morgan fingerprint density at radius 1 is 0.892 bits per heavy atom. The maximum absolute atomic E-state index is 12.8. The maximum atomic E-state index is 12.8. The largest absolute Gasteiger partial charge is 0.356 e. The predicted octanol–water partition coefficient (Wildman–Crippen LogP) is 5.74. The Bertz CT molecular complexity index is 1030. The Hall–Kier alpha value is -2.29. The molecule has 0 bridgehead atoms. The van der Waals surface area contributed by atoms with Crippen LogP contribution in [0.15, 0.2) is 30.5 Å². The average molecular weight is 547 g/mol. The molecule has 2 N–H and O–H groups in total. The van der Waals surface area contributed by atoms with Crippen LogP contribution in [0.3, 0.4) is 0 Å². The molecule has 1 aromatic carbocycles. The second kappa shape index (κ2) is 12.5. The van der Waals surface area contributed by atoms with Crippen LogP contribution in [-0.2, 0) is 0 Å². The molecule has 5 rings (SSSR count). The molecular formula is C27H37Cl2N7O. The van der Waals surface area contributed by atoms with Gasteiger partial charge < -0.3 is 20.4 Å². The molecule has 10 heteroatoms. The Balaban J connectivity index is 1.12. The molecule has 2 amide bonds. The third-order valence-corrected chi connectivity index (χ3v) is 8.45. The Kier molecular flexibility index (Phi) is 8.89. The smallest absolute Gasteiger partial charge is 0.321 e. The van der Waals surface area contributed by atoms with Gasteiger partial charge >= 0.3 is 6.03 Å². The number of carbonyl (C=O) groups excluding carboxylic acids is 1. The average Bonchev–Trinajstić information content (AvgIpc) is 3.21. The summed E-state index contributed by atoms with van der Waals surface area (Å²) in [6.45, 7) is 5.66. The highest BCUT2D eigenvalue weighted by molar-refractivity contribution is 6.39. The quantitative estimate of drug-likeness (QED) is 0.499. The topological polar surface area (TPSA) is 76.6 Å². The summed E-state index contributed by atoms with van der Waals surface area (Å²) in [7, 11) is 0. The summed E-state index contributed by atoms with van der Waals surface area (Å²) in [5.74, 6) is 1.77. The Labute approximate surface area is 229 Å². The fourth-order valence-electron chi connectivity index (χ4n) is 5.77. The summed E-state index contributed by atoms with van der Waals surface area (Å²) >= 11 is 12.4. The normalized spacial score (nSPS) is 21.9. The van der Waals surface area contributed by atoms with Crippen molar-refractivity contribution in [1.82, 2.24) is 19.8 Å². The molecule has 37 heavy (non-hydrogen) atoms. The lowest BCUT2D eigenvalue weighted by atomic mass is 9.98. The lowest BCUT2D eigenvalue weighted by molar-refractivity contribution is 0.0997. The summed E-state index contributed by atoms with van der Waals surface area (Å²) < 4.78 is 0. The first-order chi connectivity index (χ1) is 18.1. The van der Waals surface area contributed by atoms with Gasteiger partial charge in [-0.05, 0) is 63.3 Å². The van der Waals surface area contributed by atoms with Gasteiger partial charge in [0.1, 0.15) is 5.82 Å². The van der Waals surface area contributed by atoms with Gasteiger partial charge in [-0.1, -0.05) is 42.1 Å². The van der Waals surface area contributed by atoms with Crippen LogP contribution in [0.1, 0.15) is 51.4 Å². The molecule has 4 heterocycles. The van der Waals surface area contributed by atoms with E-state index in [2.05, 4.69) is 25.4 Å². The molecule has 200 valence electrons. The molecule has 3 saturated heterocycles. The number of nitrogens with zero attached hydrogens (tertiary/aromatic N) is 5. The van der Waals surface area contributed by atoms with Crippen molar-refractivity contribution in [2.75, 3.05) is 54.8 Å². The molecule has 3 fully saturated rings. The van der Waals surface area contributed by atoms with Crippen molar-refractivity contribution >= 4 is 46.7 Å². The van der Waals surface area contributed by atoms with Crippen molar-refractivity contribution in [3.63, 3.8) is 0 Å². The van der Waals surface area contributed by atoms with Crippen molar-refractivity contribution in [2.45, 2.75) is 63.5 Å². The first-order valence-electron chi connectivity index (χ1n) is 13.7. The molecule has 0 radical (unpaired) electrons. The molecule has 2 aromatic rings. The number of rotatable bonds is 5. The monoisotopic (exact) mass is 545 g/mol. The van der Waals surface area contributed by atoms with E-state index in [1.807, 2.05) is 17.2 Å². The van der Waals surface area contributed by atoms with Crippen molar-refractivity contribution in [3.05, 3.63) is 40.5 Å². The van der Waals surface area contributed by atoms with Crippen LogP contribution in [0.4, 0.5) is 22.2 Å². The molecule has 3 aliphatic rings. The van der Waals surface area contributed by atoms with E-state index in [1.54, 1.807) is 18.2 Å². The van der Waals surface area contributed by atoms with E-state index in [0.717, 1.165) is 63.6 Å². The Morgan fingerprint density at radius 2 is 1.62 bits per heavy atom. The molecule has 1 atom stereocenters. The minimum atomic E-state index is -0.145. The molecule has 0 spiro atoms. The van der Waals surface area contributed by atoms with Crippen LogP contribution < -0.4 is 15.5 Å². The van der Waals surface area contributed by atoms with E-state index < -0.39 is 0 Å². The second-order valence-corrected chi connectivity index (χ2v) is 11.2. The highest BCUT2D eigenvalue weighted by atomic mass is 35.5. The molecule has 1 unspecified atom stereocenters. The maximum Gasteiger partial charge on any atom is 0.321 e. The van der Waals surface area contributed by atoms with Gasteiger partial charge in [-0.2, -0.15) is 4.98 Å². The fourth-order valence-corrected chi connectivity index (χ4v) is 6.26. The van der Waals surface area contributed by atoms with E-state index >= 15 is 0 Å². The van der Waals surface area contributed by atoms with E-state index in [1.165, 1.54) is 25.7 Å². The number of aromatic nitrogens is 2. The van der Waals surface area contributed by atoms with Crippen molar-refractivity contribution in [3.8, 4) is 0 Å². The van der Waals surface area contributed by atoms with Crippen molar-refractivity contribution in [1.29, 1.82) is 0 Å². The standard InChI is InChI=1S/C27H37Cl2N7O/c28-22-8-5-9-23(29)25(22)33-27(37)35-17-11-21(12-18-35)36-16-6-7-20(19-36)31-26-30-13-10-24(32-26)34-14-3-1-2-4-15-34/h5,8-10,13,20-21H,1-4,6-7,11-12,14-19H2,(H,33,37)(H,30,31,32). The first-order valence-corrected chi connectivity index (χ1v) is 14.4. The fraction of sp³-hybridized carbons (Fsp3) is 0.593. The summed E-state index contributed by atoms with van der Waals surface area (Å²) in [5.41, 5.74) is 0.477. The highest BCUT2D eigenvalue weighted by Gasteiger charge is 2.31. The zero-order chi connectivity index (χ0) is 25.6. The number of piperidine rings is 2. The van der Waals surface area contributed by atoms with Gasteiger partial charge in [0.25, 0.3) is 0 Å². The third-order valence-electron chi connectivity index (χ3n) is 7.82. The van der Waals surface area contributed by atoms with Crippen LogP contribution >= 0.6 is 23.2 Å². The Morgan fingerprint density at radius 3 is 2.35 bits per heavy atom. The summed E-state index contributed by atoms with van der Waals surface area (Å²) in [5, 5.41) is 7.41. The van der Waals surface area contributed by atoms with Gasteiger partial charge in [-0.3, -0.25) is 4.90 Å². The molecule has 3 aliphatic heterocycles. The number of benzene rings is 1. The van der Waals surface area contributed by atoms with Crippen LogP contribution in [0.2, 0.25) is 10.0 Å². The zero-order valence-corrected chi connectivity index (χ0v) is 22.9. The number of likely N-dealkylation sites (tertiary alicyclic amines) is 2. The van der Waals surface area contributed by atoms with Gasteiger partial charge in [-0.25, -0.2) is 9.78 Å². The number of para-hydroxylation sites is 1. The van der Waals surface area contributed by atoms with Gasteiger partial charge in [0.05, 0.1) is 15.7 Å². The van der Waals surface area contributed by atoms with E-state index in [9.17, 15) is 4.79 Å². The molecular weight excluding hydrogens is 509 g/mol. The van der Waals surface area contributed by atoms with Gasteiger partial charge in [0.15, 0.2) is 0 Å². The number of urea groups is 1. The SMILES string of the molecule is O=C(Nc1c(Cl)cccc1Cl)N1CCC(N2CCCC(Nc3nccc(N4CCCCCC4)n3)C2)CC1. The highest BCUT2D eigenvalue weighted by Crippen LogP contribution is 2.30. The number of nitrogens with one attached hydrogen (secondary N) is 2. The number of carbonyl (C=O) groups is 1. The van der Waals surface area contributed by atoms with Crippen LogP contribution in [0.5, 0.6) is 0 Å². The van der Waals surface area contributed by atoms with Crippen molar-refractivity contribution < 1.29 is 4.79 Å². The number of halogens is 2. The van der Waals surface area contributed by atoms with Gasteiger partial charge in [0, 0.05) is 51.0 Å². The van der Waals surface area contributed by atoms with Crippen LogP contribution in [0.25, 0.3) is 0 Å². The van der Waals surface area contributed by atoms with E-state index in [4.69, 9.17) is 28.2 Å². The molecule has 8 nitrogen and oxygen atoms in total. The van der Waals surface area contributed by atoms with Crippen LogP contribution in [-0.4, -0.2) is 77.2 Å². The molecule has 0 aliphatic carbocycles. The summed E-state index contributed by atoms with van der Waals surface area (Å²) in [4.78, 5) is 29.1. The number of hydrogen-bond donors (Lipinski definition) is 2. The van der Waals surface area contributed by atoms with Gasteiger partial charge in [-0.15, -0.1) is 0 Å². The van der Waals surface area contributed by atoms with Crippen LogP contribution in [0, 0.1) is 0 Å². The van der Waals surface area contributed by atoms with Gasteiger partial charge in [0.2, 0.25) is 5.95 Å². The third kappa shape index (κ3) is 6.78. The van der Waals surface area contributed by atoms with E-state index in [0.29, 0.717) is 40.9 Å². The van der Waals surface area contributed by atoms with Crippen molar-refractivity contribution in [2.24, 2.45) is 0 Å². The number of amides is 2. The van der Waals surface area contributed by atoms with E-state index in [-0.39, 0.29) is 6.03 Å². The molecule has 1 aromatic heterocycles. The molecule has 0 saturated carbocycles. The lowest BCUT2D eigenvalue weighted by Crippen LogP contribution is -2.52. The minimum Gasteiger partial charge on any atom is -0.356 e. The predicted molar refractivity (Wildman–Crippen MR) is 151 cm³/mol. The zero-order valence-electron chi connectivity index (χ0n) is 21.3. The first kappa shape index (κ1) is 26.3. The number of anilines is 3. The number of hydrogen-bond acceptors (Lipinski definition) is 6. The minimum absolute atomic E-state index is 0.145. The lowest BCUT2D eigenvalue weighted by Gasteiger charge is -2.42. The second-order valence-electron chi connectivity index (χ2n) is 10.4. The summed E-state index contributed by atoms with van der Waals surface area (Å²) in [6, 6.07) is 7.92. The summed E-state index contributed by atoms with van der Waals surface area (Å²) in [6.07, 6.45) is 11.1.